The predicted octanol–water partition coefficient (Wildman–Crippen LogP) is 3.17. The van der Waals surface area contributed by atoms with Crippen molar-refractivity contribution in [1.29, 1.82) is 0 Å². The summed E-state index contributed by atoms with van der Waals surface area (Å²) >= 11 is 1.82. The average Bonchev–Trinajstić information content (AvgIpc) is 2.71. The lowest BCUT2D eigenvalue weighted by Gasteiger charge is -2.19. The van der Waals surface area contributed by atoms with Gasteiger partial charge < -0.3 is 14.8 Å². The smallest absolute Gasteiger partial charge is 0.118 e. The van der Waals surface area contributed by atoms with Crippen LogP contribution in [0.4, 0.5) is 0 Å². The highest BCUT2D eigenvalue weighted by molar-refractivity contribution is 7.99. The van der Waals surface area contributed by atoms with E-state index < -0.39 is 0 Å². The third-order valence-electron chi connectivity index (χ3n) is 2.56. The number of aliphatic hydroxyl groups is 1. The number of hydrogen-bond acceptors (Lipinski definition) is 4. The maximum Gasteiger partial charge on any atom is 0.118 e. The first-order valence-electron chi connectivity index (χ1n) is 6.46. The monoisotopic (exact) mass is 271 g/mol. The SMILES string of the molecule is CC(CCO)SCc1ccc(CNC(C)(C)C)o1. The zero-order valence-corrected chi connectivity index (χ0v) is 12.6. The summed E-state index contributed by atoms with van der Waals surface area (Å²) in [5.74, 6) is 2.86. The van der Waals surface area contributed by atoms with Crippen molar-refractivity contribution in [1.82, 2.24) is 5.32 Å². The van der Waals surface area contributed by atoms with Gasteiger partial charge in [0.2, 0.25) is 0 Å². The molecule has 0 spiro atoms. The summed E-state index contributed by atoms with van der Waals surface area (Å²) in [6.45, 7) is 9.58. The van der Waals surface area contributed by atoms with Crippen molar-refractivity contribution in [2.24, 2.45) is 0 Å². The first-order chi connectivity index (χ1) is 8.40. The van der Waals surface area contributed by atoms with Crippen molar-refractivity contribution in [2.45, 2.75) is 57.2 Å². The molecule has 3 nitrogen and oxygen atoms in total. The Balaban J connectivity index is 2.34. The fourth-order valence-electron chi connectivity index (χ4n) is 1.44. The summed E-state index contributed by atoms with van der Waals surface area (Å²) in [6.07, 6.45) is 0.837. The molecular weight excluding hydrogens is 246 g/mol. The van der Waals surface area contributed by atoms with Gasteiger partial charge in [-0.05, 0) is 39.3 Å². The minimum atomic E-state index is 0.108. The van der Waals surface area contributed by atoms with Gasteiger partial charge in [0.05, 0.1) is 12.3 Å². The van der Waals surface area contributed by atoms with Crippen molar-refractivity contribution in [3.63, 3.8) is 0 Å². The van der Waals surface area contributed by atoms with Crippen LogP contribution in [-0.2, 0) is 12.3 Å². The molecule has 0 saturated carbocycles. The molecule has 1 atom stereocenters. The Kier molecular flexibility index (Phi) is 6.26. The molecule has 0 fully saturated rings. The van der Waals surface area contributed by atoms with E-state index in [-0.39, 0.29) is 12.1 Å². The van der Waals surface area contributed by atoms with Gasteiger partial charge in [0, 0.05) is 17.4 Å². The molecule has 18 heavy (non-hydrogen) atoms. The highest BCUT2D eigenvalue weighted by Gasteiger charge is 2.11. The van der Waals surface area contributed by atoms with Crippen LogP contribution in [0.25, 0.3) is 0 Å². The molecule has 104 valence electrons. The topological polar surface area (TPSA) is 45.4 Å². The molecule has 0 aliphatic carbocycles. The Morgan fingerprint density at radius 1 is 1.33 bits per heavy atom. The molecule has 0 aliphatic rings. The lowest BCUT2D eigenvalue weighted by Crippen LogP contribution is -2.34. The summed E-state index contributed by atoms with van der Waals surface area (Å²) < 4.78 is 5.76. The van der Waals surface area contributed by atoms with E-state index in [1.807, 2.05) is 23.9 Å². The highest BCUT2D eigenvalue weighted by Crippen LogP contribution is 2.21. The summed E-state index contributed by atoms with van der Waals surface area (Å²) in [7, 11) is 0. The maximum atomic E-state index is 8.84. The van der Waals surface area contributed by atoms with Gasteiger partial charge in [0.15, 0.2) is 0 Å². The van der Waals surface area contributed by atoms with E-state index in [0.717, 1.165) is 30.2 Å². The number of furan rings is 1. The van der Waals surface area contributed by atoms with Gasteiger partial charge in [-0.1, -0.05) is 6.92 Å². The zero-order valence-electron chi connectivity index (χ0n) is 11.8. The molecule has 0 aromatic carbocycles. The Bertz CT molecular complexity index is 344. The van der Waals surface area contributed by atoms with Crippen molar-refractivity contribution >= 4 is 11.8 Å². The normalized spacial score (nSPS) is 13.8. The second-order valence-electron chi connectivity index (χ2n) is 5.61. The van der Waals surface area contributed by atoms with Crippen molar-refractivity contribution in [3.8, 4) is 0 Å². The van der Waals surface area contributed by atoms with E-state index >= 15 is 0 Å². The minimum absolute atomic E-state index is 0.108. The van der Waals surface area contributed by atoms with Crippen molar-refractivity contribution in [2.75, 3.05) is 6.61 Å². The molecule has 0 radical (unpaired) electrons. The zero-order chi connectivity index (χ0) is 13.6. The van der Waals surface area contributed by atoms with Crippen LogP contribution < -0.4 is 5.32 Å². The van der Waals surface area contributed by atoms with E-state index in [9.17, 15) is 0 Å². The lowest BCUT2D eigenvalue weighted by atomic mass is 10.1. The fraction of sp³-hybridized carbons (Fsp3) is 0.714. The van der Waals surface area contributed by atoms with Crippen molar-refractivity contribution in [3.05, 3.63) is 23.7 Å². The van der Waals surface area contributed by atoms with E-state index in [4.69, 9.17) is 9.52 Å². The molecule has 0 aliphatic heterocycles. The molecular formula is C14H25NO2S. The van der Waals surface area contributed by atoms with E-state index in [2.05, 4.69) is 33.0 Å². The molecule has 1 unspecified atom stereocenters. The van der Waals surface area contributed by atoms with Crippen molar-refractivity contribution < 1.29 is 9.52 Å². The molecule has 0 saturated heterocycles. The summed E-state index contributed by atoms with van der Waals surface area (Å²) in [4.78, 5) is 0. The van der Waals surface area contributed by atoms with Gasteiger partial charge in [0.25, 0.3) is 0 Å². The lowest BCUT2D eigenvalue weighted by molar-refractivity contribution is 0.289. The van der Waals surface area contributed by atoms with Crippen LogP contribution in [0.1, 0.15) is 45.6 Å². The predicted molar refractivity (Wildman–Crippen MR) is 77.8 cm³/mol. The van der Waals surface area contributed by atoms with E-state index in [0.29, 0.717) is 5.25 Å². The summed E-state index contributed by atoms with van der Waals surface area (Å²) in [5, 5.41) is 12.7. The van der Waals surface area contributed by atoms with Gasteiger partial charge in [0.1, 0.15) is 11.5 Å². The molecule has 4 heteroatoms. The first kappa shape index (κ1) is 15.6. The fourth-order valence-corrected chi connectivity index (χ4v) is 2.31. The Morgan fingerprint density at radius 2 is 2.00 bits per heavy atom. The largest absolute Gasteiger partial charge is 0.464 e. The van der Waals surface area contributed by atoms with E-state index in [1.54, 1.807) is 0 Å². The number of nitrogens with one attached hydrogen (secondary N) is 1. The van der Waals surface area contributed by atoms with Gasteiger partial charge in [-0.3, -0.25) is 0 Å². The number of hydrogen-bond donors (Lipinski definition) is 2. The van der Waals surface area contributed by atoms with Crippen LogP contribution in [0.15, 0.2) is 16.5 Å². The Hall–Kier alpha value is -0.450. The molecule has 1 aromatic heterocycles. The summed E-state index contributed by atoms with van der Waals surface area (Å²) in [6, 6.07) is 4.07. The Morgan fingerprint density at radius 3 is 2.61 bits per heavy atom. The molecule has 2 N–H and O–H groups in total. The second-order valence-corrected chi connectivity index (χ2v) is 7.03. The van der Waals surface area contributed by atoms with Gasteiger partial charge in [-0.25, -0.2) is 0 Å². The van der Waals surface area contributed by atoms with Crippen LogP contribution in [0.2, 0.25) is 0 Å². The van der Waals surface area contributed by atoms with Crippen LogP contribution in [0, 0.1) is 0 Å². The molecule has 1 aromatic rings. The third-order valence-corrected chi connectivity index (χ3v) is 3.81. The van der Waals surface area contributed by atoms with Crippen LogP contribution in [0.3, 0.4) is 0 Å². The molecule has 1 heterocycles. The van der Waals surface area contributed by atoms with Gasteiger partial charge in [-0.15, -0.1) is 0 Å². The standard InChI is InChI=1S/C14H25NO2S/c1-11(7-8-16)18-10-13-6-5-12(17-13)9-15-14(2,3)4/h5-6,11,15-16H,7-10H2,1-4H3. The first-order valence-corrected chi connectivity index (χ1v) is 7.50. The molecule has 1 rings (SSSR count). The Labute approximate surface area is 114 Å². The number of aliphatic hydroxyl groups excluding tert-OH is 1. The van der Waals surface area contributed by atoms with Gasteiger partial charge >= 0.3 is 0 Å². The number of thioether (sulfide) groups is 1. The van der Waals surface area contributed by atoms with E-state index in [1.165, 1.54) is 0 Å². The molecule has 0 bridgehead atoms. The van der Waals surface area contributed by atoms with Crippen LogP contribution in [0.5, 0.6) is 0 Å². The maximum absolute atomic E-state index is 8.84. The highest BCUT2D eigenvalue weighted by atomic mass is 32.2. The van der Waals surface area contributed by atoms with Gasteiger partial charge in [-0.2, -0.15) is 11.8 Å². The van der Waals surface area contributed by atoms with Crippen LogP contribution >= 0.6 is 11.8 Å². The molecule has 0 amide bonds. The average molecular weight is 271 g/mol. The summed E-state index contributed by atoms with van der Waals surface area (Å²) in [5.41, 5.74) is 0.108. The quantitative estimate of drug-likeness (QED) is 0.799. The third kappa shape index (κ3) is 6.47. The van der Waals surface area contributed by atoms with Crippen LogP contribution in [-0.4, -0.2) is 22.5 Å². The second kappa shape index (κ2) is 7.22. The number of rotatable bonds is 7. The minimum Gasteiger partial charge on any atom is -0.464 e.